The van der Waals surface area contributed by atoms with Crippen molar-refractivity contribution in [1.82, 2.24) is 9.29 Å². The van der Waals surface area contributed by atoms with Crippen molar-refractivity contribution < 1.29 is 17.9 Å². The predicted molar refractivity (Wildman–Crippen MR) is 120 cm³/mol. The third kappa shape index (κ3) is 4.48. The number of thiazole rings is 1. The van der Waals surface area contributed by atoms with Crippen LogP contribution in [0.1, 0.15) is 38.1 Å². The Kier molecular flexibility index (Phi) is 6.44. The summed E-state index contributed by atoms with van der Waals surface area (Å²) < 4.78 is 33.6. The molecule has 1 amide bonds. The Morgan fingerprint density at radius 1 is 1.10 bits per heavy atom. The van der Waals surface area contributed by atoms with Crippen molar-refractivity contribution in [2.24, 2.45) is 0 Å². The zero-order chi connectivity index (χ0) is 22.1. The normalized spacial score (nSPS) is 12.1. The lowest BCUT2D eigenvalue weighted by atomic mass is 10.2. The number of ether oxygens (including phenoxy) is 1. The Morgan fingerprint density at radius 2 is 1.80 bits per heavy atom. The van der Waals surface area contributed by atoms with Crippen molar-refractivity contribution in [3.63, 3.8) is 0 Å². The van der Waals surface area contributed by atoms with E-state index in [1.54, 1.807) is 42.5 Å². The second kappa shape index (κ2) is 8.71. The van der Waals surface area contributed by atoms with E-state index in [9.17, 15) is 13.2 Å². The lowest BCUT2D eigenvalue weighted by Crippen LogP contribution is -2.41. The maximum absolute atomic E-state index is 13.1. The minimum Gasteiger partial charge on any atom is -0.497 e. The molecule has 0 radical (unpaired) electrons. The highest BCUT2D eigenvalue weighted by Gasteiger charge is 2.29. The number of benzene rings is 2. The molecule has 0 aliphatic heterocycles. The van der Waals surface area contributed by atoms with Crippen LogP contribution in [0.4, 0.5) is 5.13 Å². The zero-order valence-electron chi connectivity index (χ0n) is 17.5. The second-order valence-electron chi connectivity index (χ2n) is 7.36. The molecule has 1 heterocycles. The second-order valence-corrected chi connectivity index (χ2v) is 10.2. The maximum atomic E-state index is 13.1. The number of hydrogen-bond donors (Lipinski definition) is 1. The van der Waals surface area contributed by atoms with Crippen molar-refractivity contribution >= 4 is 42.6 Å². The van der Waals surface area contributed by atoms with Crippen LogP contribution in [0.5, 0.6) is 5.75 Å². The average molecular weight is 448 g/mol. The molecule has 0 saturated carbocycles. The highest BCUT2D eigenvalue weighted by atomic mass is 32.2. The fraction of sp³-hybridized carbons (Fsp3) is 0.333. The molecule has 30 heavy (non-hydrogen) atoms. The summed E-state index contributed by atoms with van der Waals surface area (Å²) in [6.45, 7) is 7.42. The third-order valence-electron chi connectivity index (χ3n) is 4.51. The first kappa shape index (κ1) is 22.2. The van der Waals surface area contributed by atoms with Crippen LogP contribution in [0.3, 0.4) is 0 Å². The number of sulfonamides is 1. The fourth-order valence-corrected chi connectivity index (χ4v) is 6.16. The summed E-state index contributed by atoms with van der Waals surface area (Å²) in [5.74, 6) is 0.272. The van der Waals surface area contributed by atoms with Crippen LogP contribution >= 0.6 is 11.3 Å². The number of rotatable bonds is 7. The van der Waals surface area contributed by atoms with Gasteiger partial charge in [-0.25, -0.2) is 13.4 Å². The van der Waals surface area contributed by atoms with Crippen molar-refractivity contribution in [3.05, 3.63) is 48.0 Å². The Labute approximate surface area is 180 Å². The lowest BCUT2D eigenvalue weighted by molar-refractivity contribution is 0.102. The first-order valence-corrected chi connectivity index (χ1v) is 11.8. The van der Waals surface area contributed by atoms with Crippen molar-refractivity contribution in [3.8, 4) is 5.75 Å². The minimum atomic E-state index is -3.64. The van der Waals surface area contributed by atoms with Gasteiger partial charge in [-0.1, -0.05) is 17.4 Å². The molecule has 3 rings (SSSR count). The number of anilines is 1. The number of aromatic nitrogens is 1. The Bertz CT molecular complexity index is 1160. The molecule has 160 valence electrons. The molecule has 0 spiro atoms. The smallest absolute Gasteiger partial charge is 0.257 e. The number of fused-ring (bicyclic) bond motifs is 1. The van der Waals surface area contributed by atoms with E-state index in [0.717, 1.165) is 0 Å². The van der Waals surface area contributed by atoms with E-state index < -0.39 is 10.0 Å². The van der Waals surface area contributed by atoms with Gasteiger partial charge in [-0.3, -0.25) is 10.1 Å². The van der Waals surface area contributed by atoms with Crippen LogP contribution in [0.25, 0.3) is 10.2 Å². The largest absolute Gasteiger partial charge is 0.497 e. The van der Waals surface area contributed by atoms with Gasteiger partial charge >= 0.3 is 0 Å². The fourth-order valence-electron chi connectivity index (χ4n) is 3.33. The molecule has 0 fully saturated rings. The van der Waals surface area contributed by atoms with Crippen molar-refractivity contribution in [2.75, 3.05) is 12.4 Å². The minimum absolute atomic E-state index is 0.162. The van der Waals surface area contributed by atoms with Gasteiger partial charge in [0.25, 0.3) is 5.91 Å². The van der Waals surface area contributed by atoms with Gasteiger partial charge in [-0.15, -0.1) is 0 Å². The van der Waals surface area contributed by atoms with Crippen LogP contribution in [0, 0.1) is 0 Å². The Hall–Kier alpha value is -2.49. The van der Waals surface area contributed by atoms with Gasteiger partial charge in [0.15, 0.2) is 5.13 Å². The topological polar surface area (TPSA) is 88.6 Å². The summed E-state index contributed by atoms with van der Waals surface area (Å²) in [6.07, 6.45) is 0. The quantitative estimate of drug-likeness (QED) is 0.581. The van der Waals surface area contributed by atoms with E-state index in [1.165, 1.54) is 22.8 Å². The number of nitrogens with one attached hydrogen (secondary N) is 1. The predicted octanol–water partition coefficient (Wildman–Crippen LogP) is 4.36. The first-order valence-electron chi connectivity index (χ1n) is 9.53. The van der Waals surface area contributed by atoms with E-state index in [0.29, 0.717) is 26.7 Å². The molecule has 1 aromatic heterocycles. The van der Waals surface area contributed by atoms with Crippen LogP contribution in [-0.4, -0.2) is 42.8 Å². The van der Waals surface area contributed by atoms with Crippen LogP contribution < -0.4 is 10.1 Å². The third-order valence-corrected chi connectivity index (χ3v) is 7.69. The molecular formula is C21H25N3O4S2. The summed E-state index contributed by atoms with van der Waals surface area (Å²) in [4.78, 5) is 17.1. The molecule has 2 aromatic carbocycles. The molecule has 0 bridgehead atoms. The number of amides is 1. The van der Waals surface area contributed by atoms with Gasteiger partial charge in [0.2, 0.25) is 10.0 Å². The molecule has 1 N–H and O–H groups in total. The van der Waals surface area contributed by atoms with E-state index in [-0.39, 0.29) is 22.9 Å². The summed E-state index contributed by atoms with van der Waals surface area (Å²) >= 11 is 1.23. The van der Waals surface area contributed by atoms with Gasteiger partial charge in [0.1, 0.15) is 5.75 Å². The van der Waals surface area contributed by atoms with Gasteiger partial charge in [-0.05, 0) is 64.1 Å². The number of carbonyl (C=O) groups excluding carboxylic acids is 1. The SMILES string of the molecule is COc1cccc(C(=O)Nc2nc3ccc(S(=O)(=O)N(C(C)C)C(C)C)cc3s2)c1. The molecule has 0 aliphatic carbocycles. The molecular weight excluding hydrogens is 422 g/mol. The number of carbonyl (C=O) groups is 1. The first-order chi connectivity index (χ1) is 14.1. The molecule has 0 aliphatic rings. The summed E-state index contributed by atoms with van der Waals surface area (Å²) in [5, 5.41) is 3.17. The highest BCUT2D eigenvalue weighted by molar-refractivity contribution is 7.89. The average Bonchev–Trinajstić information content (AvgIpc) is 3.08. The molecule has 3 aromatic rings. The molecule has 9 heteroatoms. The van der Waals surface area contributed by atoms with Crippen LogP contribution in [-0.2, 0) is 10.0 Å². The van der Waals surface area contributed by atoms with Crippen molar-refractivity contribution in [1.29, 1.82) is 0 Å². The van der Waals surface area contributed by atoms with E-state index in [1.807, 2.05) is 27.7 Å². The Balaban J connectivity index is 1.90. The molecule has 0 unspecified atom stereocenters. The monoisotopic (exact) mass is 447 g/mol. The van der Waals surface area contributed by atoms with E-state index in [4.69, 9.17) is 4.74 Å². The van der Waals surface area contributed by atoms with E-state index in [2.05, 4.69) is 10.3 Å². The van der Waals surface area contributed by atoms with Gasteiger partial charge in [-0.2, -0.15) is 4.31 Å². The summed E-state index contributed by atoms with van der Waals surface area (Å²) in [6, 6.07) is 11.3. The maximum Gasteiger partial charge on any atom is 0.257 e. The Morgan fingerprint density at radius 3 is 2.43 bits per heavy atom. The summed E-state index contributed by atoms with van der Waals surface area (Å²) in [7, 11) is -2.11. The number of methoxy groups -OCH3 is 1. The zero-order valence-corrected chi connectivity index (χ0v) is 19.2. The van der Waals surface area contributed by atoms with E-state index >= 15 is 0 Å². The number of hydrogen-bond acceptors (Lipinski definition) is 6. The van der Waals surface area contributed by atoms with Gasteiger partial charge in [0.05, 0.1) is 22.2 Å². The number of nitrogens with zero attached hydrogens (tertiary/aromatic N) is 2. The highest BCUT2D eigenvalue weighted by Crippen LogP contribution is 2.30. The standard InChI is InChI=1S/C21H25N3O4S2/c1-13(2)24(14(3)4)30(26,27)17-9-10-18-19(12-17)29-21(22-18)23-20(25)15-7-6-8-16(11-15)28-5/h6-14H,1-5H3,(H,22,23,25). The molecule has 0 saturated heterocycles. The lowest BCUT2D eigenvalue weighted by Gasteiger charge is -2.29. The van der Waals surface area contributed by atoms with Gasteiger partial charge in [0, 0.05) is 17.6 Å². The van der Waals surface area contributed by atoms with Crippen molar-refractivity contribution in [2.45, 2.75) is 44.7 Å². The summed E-state index contributed by atoms with van der Waals surface area (Å²) in [5.41, 5.74) is 1.07. The molecule has 7 nitrogen and oxygen atoms in total. The van der Waals surface area contributed by atoms with Crippen LogP contribution in [0.2, 0.25) is 0 Å². The van der Waals surface area contributed by atoms with Crippen LogP contribution in [0.15, 0.2) is 47.4 Å². The molecule has 0 atom stereocenters. The van der Waals surface area contributed by atoms with Gasteiger partial charge < -0.3 is 4.74 Å².